The number of esters is 3. The number of carbonyl (C=O) groups is 3. The summed E-state index contributed by atoms with van der Waals surface area (Å²) in [7, 11) is 2.10. The summed E-state index contributed by atoms with van der Waals surface area (Å²) in [4.78, 5) is 34.0. The van der Waals surface area contributed by atoms with Gasteiger partial charge in [0.25, 0.3) is 0 Å². The smallest absolute Gasteiger partial charge is 0.339 e. The molecule has 0 amide bonds. The molecule has 0 aromatic carbocycles. The molecule has 5 unspecified atom stereocenters. The zero-order valence-electron chi connectivity index (χ0n) is 13.8. The minimum absolute atomic E-state index is 0.719. The molecule has 0 radical (unpaired) electrons. The van der Waals surface area contributed by atoms with Gasteiger partial charge in [-0.15, -0.1) is 0 Å². The SMILES string of the molecule is C=COC1OC(C(=O)OC)C(OC(C)=O)C(O)C1OC(C)=O.CO. The Bertz CT molecular complexity index is 449. The maximum atomic E-state index is 11.7. The Morgan fingerprint density at radius 3 is 2.00 bits per heavy atom. The predicted octanol–water partition coefficient (Wildman–Crippen LogP) is -1.12. The first-order chi connectivity index (χ1) is 11.3. The van der Waals surface area contributed by atoms with Gasteiger partial charge in [0.15, 0.2) is 18.3 Å². The number of carbonyl (C=O) groups excluding carboxylic acids is 3. The molecule has 1 aliphatic rings. The Hall–Kier alpha value is -2.17. The van der Waals surface area contributed by atoms with Gasteiger partial charge in [-0.25, -0.2) is 4.79 Å². The van der Waals surface area contributed by atoms with Crippen LogP contribution in [0.25, 0.3) is 0 Å². The average Bonchev–Trinajstić information content (AvgIpc) is 2.54. The lowest BCUT2D eigenvalue weighted by Gasteiger charge is -2.41. The normalized spacial score (nSPS) is 28.5. The summed E-state index contributed by atoms with van der Waals surface area (Å²) in [5, 5.41) is 17.3. The first-order valence-corrected chi connectivity index (χ1v) is 6.78. The second-order valence-electron chi connectivity index (χ2n) is 4.39. The topological polar surface area (TPSA) is 138 Å². The Balaban J connectivity index is 0.00000254. The first kappa shape index (κ1) is 21.8. The molecule has 1 fully saturated rings. The number of aliphatic hydroxyl groups is 2. The van der Waals surface area contributed by atoms with E-state index in [1.807, 2.05) is 0 Å². The zero-order valence-corrected chi connectivity index (χ0v) is 13.8. The Morgan fingerprint density at radius 2 is 1.58 bits per heavy atom. The van der Waals surface area contributed by atoms with Crippen molar-refractivity contribution in [3.63, 3.8) is 0 Å². The van der Waals surface area contributed by atoms with E-state index in [2.05, 4.69) is 11.3 Å². The predicted molar refractivity (Wildman–Crippen MR) is 77.2 cm³/mol. The number of hydrogen-bond donors (Lipinski definition) is 2. The van der Waals surface area contributed by atoms with Crippen LogP contribution in [0, 0.1) is 0 Å². The lowest BCUT2D eigenvalue weighted by atomic mass is 9.98. The van der Waals surface area contributed by atoms with E-state index < -0.39 is 48.6 Å². The Labute approximate surface area is 138 Å². The third kappa shape index (κ3) is 5.80. The summed E-state index contributed by atoms with van der Waals surface area (Å²) in [5.74, 6) is -2.36. The van der Waals surface area contributed by atoms with Gasteiger partial charge in [0.1, 0.15) is 6.10 Å². The third-order valence-electron chi connectivity index (χ3n) is 2.79. The molecular formula is C14H22O10. The van der Waals surface area contributed by atoms with Crippen LogP contribution in [-0.4, -0.2) is 73.0 Å². The molecule has 0 aliphatic carbocycles. The lowest BCUT2D eigenvalue weighted by Crippen LogP contribution is -2.62. The van der Waals surface area contributed by atoms with Crippen LogP contribution in [0.1, 0.15) is 13.8 Å². The number of methoxy groups -OCH3 is 1. The molecule has 1 heterocycles. The van der Waals surface area contributed by atoms with Crippen LogP contribution in [0.15, 0.2) is 12.8 Å². The number of ether oxygens (including phenoxy) is 5. The fourth-order valence-electron chi connectivity index (χ4n) is 1.98. The van der Waals surface area contributed by atoms with Crippen LogP contribution < -0.4 is 0 Å². The summed E-state index contributed by atoms with van der Waals surface area (Å²) < 4.78 is 24.6. The van der Waals surface area contributed by atoms with Crippen LogP contribution >= 0.6 is 0 Å². The molecular weight excluding hydrogens is 328 g/mol. The minimum atomic E-state index is -1.56. The fourth-order valence-corrected chi connectivity index (χ4v) is 1.98. The molecule has 1 aliphatic heterocycles. The van der Waals surface area contributed by atoms with Crippen molar-refractivity contribution in [2.75, 3.05) is 14.2 Å². The van der Waals surface area contributed by atoms with E-state index in [9.17, 15) is 19.5 Å². The van der Waals surface area contributed by atoms with Gasteiger partial charge in [0, 0.05) is 21.0 Å². The first-order valence-electron chi connectivity index (χ1n) is 6.78. The largest absolute Gasteiger partial charge is 0.469 e. The van der Waals surface area contributed by atoms with Gasteiger partial charge in [0.05, 0.1) is 13.4 Å². The number of hydrogen-bond acceptors (Lipinski definition) is 10. The molecule has 24 heavy (non-hydrogen) atoms. The van der Waals surface area contributed by atoms with E-state index in [4.69, 9.17) is 24.1 Å². The van der Waals surface area contributed by atoms with Crippen molar-refractivity contribution in [2.24, 2.45) is 0 Å². The average molecular weight is 350 g/mol. The van der Waals surface area contributed by atoms with Crippen LogP contribution in [0.2, 0.25) is 0 Å². The number of aliphatic hydroxyl groups excluding tert-OH is 2. The van der Waals surface area contributed by atoms with E-state index >= 15 is 0 Å². The minimum Gasteiger partial charge on any atom is -0.469 e. The van der Waals surface area contributed by atoms with Gasteiger partial charge in [-0.1, -0.05) is 6.58 Å². The number of rotatable bonds is 5. The summed E-state index contributed by atoms with van der Waals surface area (Å²) >= 11 is 0. The second kappa shape index (κ2) is 10.6. The monoisotopic (exact) mass is 350 g/mol. The highest BCUT2D eigenvalue weighted by Gasteiger charge is 2.53. The van der Waals surface area contributed by atoms with Gasteiger partial charge in [-0.2, -0.15) is 0 Å². The van der Waals surface area contributed by atoms with Crippen LogP contribution in [0.3, 0.4) is 0 Å². The molecule has 0 saturated carbocycles. The molecule has 0 aromatic rings. The Kier molecular flexibility index (Phi) is 9.62. The summed E-state index contributed by atoms with van der Waals surface area (Å²) in [6.07, 6.45) is -6.06. The summed E-state index contributed by atoms with van der Waals surface area (Å²) in [6.45, 7) is 5.53. The van der Waals surface area contributed by atoms with Crippen molar-refractivity contribution >= 4 is 17.9 Å². The molecule has 1 rings (SSSR count). The summed E-state index contributed by atoms with van der Waals surface area (Å²) in [6, 6.07) is 0. The van der Waals surface area contributed by atoms with Crippen molar-refractivity contribution in [1.82, 2.24) is 0 Å². The fraction of sp³-hybridized carbons (Fsp3) is 0.643. The van der Waals surface area contributed by atoms with Crippen molar-refractivity contribution in [1.29, 1.82) is 0 Å². The van der Waals surface area contributed by atoms with E-state index in [1.165, 1.54) is 0 Å². The van der Waals surface area contributed by atoms with E-state index in [1.54, 1.807) is 0 Å². The molecule has 10 nitrogen and oxygen atoms in total. The standard InChI is InChI=1S/C13H18O9.CH4O/c1-5-19-13-10(21-7(3)15)8(16)9(20-6(2)14)11(22-13)12(17)18-4;1-2/h5,8-11,13,16H,1H2,2-4H3;2H,1H3. The molecule has 1 saturated heterocycles. The van der Waals surface area contributed by atoms with Gasteiger partial charge in [-0.3, -0.25) is 9.59 Å². The Morgan fingerprint density at radius 1 is 1.08 bits per heavy atom. The van der Waals surface area contributed by atoms with Gasteiger partial charge in [0.2, 0.25) is 6.29 Å². The molecule has 138 valence electrons. The highest BCUT2D eigenvalue weighted by atomic mass is 16.7. The van der Waals surface area contributed by atoms with Crippen molar-refractivity contribution < 1.29 is 48.3 Å². The quantitative estimate of drug-likeness (QED) is 0.356. The van der Waals surface area contributed by atoms with E-state index in [-0.39, 0.29) is 0 Å². The van der Waals surface area contributed by atoms with Crippen molar-refractivity contribution in [3.05, 3.63) is 12.8 Å². The molecule has 0 aromatic heterocycles. The van der Waals surface area contributed by atoms with E-state index in [0.29, 0.717) is 0 Å². The van der Waals surface area contributed by atoms with Crippen molar-refractivity contribution in [3.8, 4) is 0 Å². The zero-order chi connectivity index (χ0) is 18.9. The van der Waals surface area contributed by atoms with Crippen LogP contribution in [-0.2, 0) is 38.1 Å². The third-order valence-corrected chi connectivity index (χ3v) is 2.79. The van der Waals surface area contributed by atoms with Gasteiger partial charge in [-0.05, 0) is 0 Å². The van der Waals surface area contributed by atoms with Crippen LogP contribution in [0.4, 0.5) is 0 Å². The maximum Gasteiger partial charge on any atom is 0.339 e. The molecule has 2 N–H and O–H groups in total. The molecule has 0 spiro atoms. The van der Waals surface area contributed by atoms with Gasteiger partial charge >= 0.3 is 17.9 Å². The van der Waals surface area contributed by atoms with E-state index in [0.717, 1.165) is 34.3 Å². The van der Waals surface area contributed by atoms with Crippen molar-refractivity contribution in [2.45, 2.75) is 44.6 Å². The molecule has 0 bridgehead atoms. The maximum absolute atomic E-state index is 11.7. The highest BCUT2D eigenvalue weighted by molar-refractivity contribution is 5.76. The lowest BCUT2D eigenvalue weighted by molar-refractivity contribution is -0.287. The summed E-state index contributed by atoms with van der Waals surface area (Å²) in [5.41, 5.74) is 0. The van der Waals surface area contributed by atoms with Crippen LogP contribution in [0.5, 0.6) is 0 Å². The second-order valence-corrected chi connectivity index (χ2v) is 4.39. The van der Waals surface area contributed by atoms with Gasteiger partial charge < -0.3 is 33.9 Å². The highest BCUT2D eigenvalue weighted by Crippen LogP contribution is 2.27. The molecule has 10 heteroatoms. The molecule has 5 atom stereocenters.